The van der Waals surface area contributed by atoms with Crippen LogP contribution in [0.1, 0.15) is 25.8 Å². The molecule has 0 saturated carbocycles. The molecule has 0 saturated heterocycles. The van der Waals surface area contributed by atoms with Crippen molar-refractivity contribution < 1.29 is 0 Å². The Bertz CT molecular complexity index is 354. The van der Waals surface area contributed by atoms with Gasteiger partial charge in [-0.15, -0.1) is 0 Å². The fourth-order valence-electron chi connectivity index (χ4n) is 1.91. The molecule has 0 aliphatic rings. The van der Waals surface area contributed by atoms with E-state index in [2.05, 4.69) is 61.8 Å². The highest BCUT2D eigenvalue weighted by Gasteiger charge is 2.05. The molecule has 0 atom stereocenters. The highest BCUT2D eigenvalue weighted by atomic mass is 15.1. The van der Waals surface area contributed by atoms with E-state index in [1.807, 2.05) is 0 Å². The number of hydrogen-bond donors (Lipinski definition) is 1. The van der Waals surface area contributed by atoms with Crippen molar-refractivity contribution in [2.75, 3.05) is 31.1 Å². The van der Waals surface area contributed by atoms with Gasteiger partial charge in [0.25, 0.3) is 0 Å². The van der Waals surface area contributed by atoms with Crippen LogP contribution in [0.2, 0.25) is 0 Å². The first-order chi connectivity index (χ1) is 8.67. The largest absolute Gasteiger partial charge is 0.368 e. The summed E-state index contributed by atoms with van der Waals surface area (Å²) in [5.74, 6) is 0. The Hall–Kier alpha value is -1.28. The third-order valence-corrected chi connectivity index (χ3v) is 3.00. The number of nitrogens with one attached hydrogen (secondary N) is 1. The van der Waals surface area contributed by atoms with Crippen LogP contribution in [0.15, 0.2) is 36.4 Å². The Kier molecular flexibility index (Phi) is 6.51. The standard InChI is InChI=1S/C16H26N2/c1-5-11-17-12-15(4)13-18(6-2)16-9-7-14(3)8-10-16/h7-10,17H,4-6,11-13H2,1-3H3. The first-order valence-corrected chi connectivity index (χ1v) is 6.86. The molecule has 0 heterocycles. The van der Waals surface area contributed by atoms with Crippen molar-refractivity contribution in [1.82, 2.24) is 5.32 Å². The second kappa shape index (κ2) is 7.93. The Morgan fingerprint density at radius 1 is 1.22 bits per heavy atom. The quantitative estimate of drug-likeness (QED) is 0.559. The number of aryl methyl sites for hydroxylation is 1. The molecule has 18 heavy (non-hydrogen) atoms. The minimum Gasteiger partial charge on any atom is -0.368 e. The van der Waals surface area contributed by atoms with E-state index in [0.717, 1.165) is 26.2 Å². The van der Waals surface area contributed by atoms with E-state index in [-0.39, 0.29) is 0 Å². The van der Waals surface area contributed by atoms with Crippen LogP contribution < -0.4 is 10.2 Å². The molecule has 0 aliphatic carbocycles. The monoisotopic (exact) mass is 246 g/mol. The predicted molar refractivity (Wildman–Crippen MR) is 81.4 cm³/mol. The SMILES string of the molecule is C=C(CNCCC)CN(CC)c1ccc(C)cc1. The van der Waals surface area contributed by atoms with E-state index < -0.39 is 0 Å². The molecule has 2 heteroatoms. The van der Waals surface area contributed by atoms with Gasteiger partial charge in [0, 0.05) is 25.3 Å². The minimum absolute atomic E-state index is 0.913. The summed E-state index contributed by atoms with van der Waals surface area (Å²) >= 11 is 0. The van der Waals surface area contributed by atoms with E-state index in [0.29, 0.717) is 0 Å². The molecule has 1 N–H and O–H groups in total. The van der Waals surface area contributed by atoms with Crippen molar-refractivity contribution in [2.24, 2.45) is 0 Å². The van der Waals surface area contributed by atoms with Gasteiger partial charge in [-0.05, 0) is 44.5 Å². The molecular weight excluding hydrogens is 220 g/mol. The van der Waals surface area contributed by atoms with Gasteiger partial charge in [0.05, 0.1) is 0 Å². The first-order valence-electron chi connectivity index (χ1n) is 6.86. The zero-order valence-corrected chi connectivity index (χ0v) is 12.0. The lowest BCUT2D eigenvalue weighted by Crippen LogP contribution is -2.29. The Morgan fingerprint density at radius 3 is 2.44 bits per heavy atom. The Labute approximate surface area is 112 Å². The molecule has 0 bridgehead atoms. The number of benzene rings is 1. The normalized spacial score (nSPS) is 10.4. The average molecular weight is 246 g/mol. The molecule has 0 aliphatic heterocycles. The van der Waals surface area contributed by atoms with E-state index in [4.69, 9.17) is 0 Å². The molecule has 1 aromatic rings. The molecule has 0 amide bonds. The van der Waals surface area contributed by atoms with E-state index in [1.54, 1.807) is 0 Å². The molecule has 0 aromatic heterocycles. The molecule has 0 radical (unpaired) electrons. The van der Waals surface area contributed by atoms with Crippen LogP contribution in [0.25, 0.3) is 0 Å². The van der Waals surface area contributed by atoms with Crippen LogP contribution in [0.5, 0.6) is 0 Å². The van der Waals surface area contributed by atoms with Gasteiger partial charge in [0.2, 0.25) is 0 Å². The van der Waals surface area contributed by atoms with Gasteiger partial charge in [-0.1, -0.05) is 31.2 Å². The highest BCUT2D eigenvalue weighted by Crippen LogP contribution is 2.15. The Morgan fingerprint density at radius 2 is 1.89 bits per heavy atom. The van der Waals surface area contributed by atoms with Gasteiger partial charge in [-0.25, -0.2) is 0 Å². The van der Waals surface area contributed by atoms with Gasteiger partial charge < -0.3 is 10.2 Å². The second-order valence-corrected chi connectivity index (χ2v) is 4.78. The summed E-state index contributed by atoms with van der Waals surface area (Å²) < 4.78 is 0. The van der Waals surface area contributed by atoms with Gasteiger partial charge in [-0.3, -0.25) is 0 Å². The summed E-state index contributed by atoms with van der Waals surface area (Å²) in [5.41, 5.74) is 3.82. The summed E-state index contributed by atoms with van der Waals surface area (Å²) in [7, 11) is 0. The van der Waals surface area contributed by atoms with Gasteiger partial charge in [-0.2, -0.15) is 0 Å². The molecule has 0 unspecified atom stereocenters. The maximum Gasteiger partial charge on any atom is 0.0398 e. The summed E-state index contributed by atoms with van der Waals surface area (Å²) in [4.78, 5) is 2.36. The highest BCUT2D eigenvalue weighted by molar-refractivity contribution is 5.48. The maximum absolute atomic E-state index is 4.15. The molecule has 1 rings (SSSR count). The maximum atomic E-state index is 4.15. The lowest BCUT2D eigenvalue weighted by Gasteiger charge is -2.24. The summed E-state index contributed by atoms with van der Waals surface area (Å²) in [6.07, 6.45) is 1.17. The second-order valence-electron chi connectivity index (χ2n) is 4.78. The van der Waals surface area contributed by atoms with Crippen molar-refractivity contribution in [1.29, 1.82) is 0 Å². The zero-order chi connectivity index (χ0) is 13.4. The van der Waals surface area contributed by atoms with Crippen LogP contribution in [0.3, 0.4) is 0 Å². The van der Waals surface area contributed by atoms with Crippen LogP contribution >= 0.6 is 0 Å². The number of nitrogens with zero attached hydrogens (tertiary/aromatic N) is 1. The third kappa shape index (κ3) is 4.92. The van der Waals surface area contributed by atoms with Crippen molar-refractivity contribution in [3.05, 3.63) is 42.0 Å². The summed E-state index contributed by atoms with van der Waals surface area (Å²) in [5, 5.41) is 3.40. The topological polar surface area (TPSA) is 15.3 Å². The average Bonchev–Trinajstić information content (AvgIpc) is 2.37. The minimum atomic E-state index is 0.913. The third-order valence-electron chi connectivity index (χ3n) is 3.00. The fraction of sp³-hybridized carbons (Fsp3) is 0.500. The number of anilines is 1. The van der Waals surface area contributed by atoms with Crippen molar-refractivity contribution >= 4 is 5.69 Å². The van der Waals surface area contributed by atoms with E-state index in [9.17, 15) is 0 Å². The Balaban J connectivity index is 2.51. The number of hydrogen-bond acceptors (Lipinski definition) is 2. The van der Waals surface area contributed by atoms with E-state index >= 15 is 0 Å². The first kappa shape index (κ1) is 14.8. The van der Waals surface area contributed by atoms with Crippen molar-refractivity contribution in [2.45, 2.75) is 27.2 Å². The van der Waals surface area contributed by atoms with Crippen LogP contribution in [-0.2, 0) is 0 Å². The predicted octanol–water partition coefficient (Wildman–Crippen LogP) is 3.38. The number of likely N-dealkylation sites (N-methyl/N-ethyl adjacent to an activating group) is 1. The lowest BCUT2D eigenvalue weighted by molar-refractivity contribution is 0.701. The lowest BCUT2D eigenvalue weighted by atomic mass is 10.2. The summed E-state index contributed by atoms with van der Waals surface area (Å²) in [6, 6.07) is 8.70. The molecule has 100 valence electrons. The van der Waals surface area contributed by atoms with Gasteiger partial charge in [0.1, 0.15) is 0 Å². The smallest absolute Gasteiger partial charge is 0.0398 e. The van der Waals surface area contributed by atoms with Crippen LogP contribution in [0.4, 0.5) is 5.69 Å². The van der Waals surface area contributed by atoms with Crippen LogP contribution in [0, 0.1) is 6.92 Å². The molecule has 1 aromatic carbocycles. The zero-order valence-electron chi connectivity index (χ0n) is 12.0. The molecule has 2 nitrogen and oxygen atoms in total. The van der Waals surface area contributed by atoms with Gasteiger partial charge in [0.15, 0.2) is 0 Å². The van der Waals surface area contributed by atoms with Crippen LogP contribution in [-0.4, -0.2) is 26.2 Å². The van der Waals surface area contributed by atoms with Crippen molar-refractivity contribution in [3.63, 3.8) is 0 Å². The van der Waals surface area contributed by atoms with E-state index in [1.165, 1.54) is 23.2 Å². The molecule has 0 fully saturated rings. The number of rotatable bonds is 8. The van der Waals surface area contributed by atoms with Crippen molar-refractivity contribution in [3.8, 4) is 0 Å². The fourth-order valence-corrected chi connectivity index (χ4v) is 1.91. The summed E-state index contributed by atoms with van der Waals surface area (Å²) in [6.45, 7) is 14.6. The van der Waals surface area contributed by atoms with Gasteiger partial charge >= 0.3 is 0 Å². The molecular formula is C16H26N2. The molecule has 0 spiro atoms.